The van der Waals surface area contributed by atoms with Crippen LogP contribution in [0.3, 0.4) is 0 Å². The molecule has 1 atom stereocenters. The lowest BCUT2D eigenvalue weighted by atomic mass is 9.94. The van der Waals surface area contributed by atoms with E-state index in [1.807, 2.05) is 0 Å². The monoisotopic (exact) mass is 515 g/mol. The summed E-state index contributed by atoms with van der Waals surface area (Å²) in [5.74, 6) is -0.851. The summed E-state index contributed by atoms with van der Waals surface area (Å²) in [4.78, 5) is 39.9. The Labute approximate surface area is 218 Å². The Morgan fingerprint density at radius 1 is 0.947 bits per heavy atom. The van der Waals surface area contributed by atoms with Crippen molar-refractivity contribution >= 4 is 23.4 Å². The number of amides is 1. The average Bonchev–Trinajstić information content (AvgIpc) is 3.21. The number of fused-ring (bicyclic) bond motifs is 1. The smallest absolute Gasteiger partial charge is 0.337 e. The Morgan fingerprint density at radius 3 is 2.37 bits per heavy atom. The first-order valence-corrected chi connectivity index (χ1v) is 11.9. The second kappa shape index (κ2) is 10.3. The Kier molecular flexibility index (Phi) is 6.74. The van der Waals surface area contributed by atoms with Crippen molar-refractivity contribution in [2.75, 3.05) is 27.4 Å². The van der Waals surface area contributed by atoms with E-state index in [0.29, 0.717) is 52.7 Å². The fourth-order valence-electron chi connectivity index (χ4n) is 4.61. The average molecular weight is 516 g/mol. The lowest BCUT2D eigenvalue weighted by molar-refractivity contribution is -0.140. The van der Waals surface area contributed by atoms with Crippen LogP contribution in [-0.2, 0) is 20.9 Å². The third-order valence-corrected chi connectivity index (χ3v) is 6.49. The lowest BCUT2D eigenvalue weighted by Gasteiger charge is -2.26. The molecule has 1 N–H and O–H groups in total. The third kappa shape index (κ3) is 4.54. The molecule has 1 amide bonds. The zero-order valence-electron chi connectivity index (χ0n) is 20.8. The standard InChI is InChI=1S/C29H25NO8/c1-35-21-5-3-4-19(14-21)25-24(26(31)20-10-11-22-23(15-20)38-13-12-37-22)27(32)28(33)30(25)16-17-6-8-18(9-7-17)29(34)36-2/h3-11,14-15,25,31H,12-13,16H2,1-2H3/b26-24-. The van der Waals surface area contributed by atoms with Crippen LogP contribution in [0, 0.1) is 0 Å². The maximum absolute atomic E-state index is 13.4. The molecule has 2 heterocycles. The summed E-state index contributed by atoms with van der Waals surface area (Å²) in [7, 11) is 2.82. The van der Waals surface area contributed by atoms with Crippen LogP contribution in [0.4, 0.5) is 0 Å². The van der Waals surface area contributed by atoms with Gasteiger partial charge in [-0.1, -0.05) is 24.3 Å². The number of benzene rings is 3. The summed E-state index contributed by atoms with van der Waals surface area (Å²) in [6.07, 6.45) is 0. The summed E-state index contributed by atoms with van der Waals surface area (Å²) >= 11 is 0. The molecule has 0 spiro atoms. The van der Waals surface area contributed by atoms with Gasteiger partial charge in [0.1, 0.15) is 24.7 Å². The lowest BCUT2D eigenvalue weighted by Crippen LogP contribution is -2.29. The fraction of sp³-hybridized carbons (Fsp3) is 0.207. The van der Waals surface area contributed by atoms with Gasteiger partial charge in [0.15, 0.2) is 11.5 Å². The zero-order valence-corrected chi connectivity index (χ0v) is 20.8. The van der Waals surface area contributed by atoms with Gasteiger partial charge in [-0.25, -0.2) is 4.79 Å². The first kappa shape index (κ1) is 24.9. The number of likely N-dealkylation sites (tertiary alicyclic amines) is 1. The van der Waals surface area contributed by atoms with Crippen LogP contribution in [0.1, 0.15) is 33.1 Å². The maximum atomic E-state index is 13.4. The first-order valence-electron chi connectivity index (χ1n) is 11.9. The van der Waals surface area contributed by atoms with Crippen LogP contribution in [-0.4, -0.2) is 55.1 Å². The minimum absolute atomic E-state index is 0.0499. The quantitative estimate of drug-likeness (QED) is 0.228. The van der Waals surface area contributed by atoms with Crippen molar-refractivity contribution in [1.29, 1.82) is 0 Å². The summed E-state index contributed by atoms with van der Waals surface area (Å²) in [5.41, 5.74) is 1.91. The van der Waals surface area contributed by atoms with Gasteiger partial charge in [-0.15, -0.1) is 0 Å². The highest BCUT2D eigenvalue weighted by Gasteiger charge is 2.46. The van der Waals surface area contributed by atoms with Gasteiger partial charge in [0.25, 0.3) is 11.7 Å². The normalized spacial score (nSPS) is 17.8. The van der Waals surface area contributed by atoms with Gasteiger partial charge in [-0.3, -0.25) is 9.59 Å². The van der Waals surface area contributed by atoms with Crippen molar-refractivity contribution in [2.45, 2.75) is 12.6 Å². The molecule has 194 valence electrons. The van der Waals surface area contributed by atoms with E-state index >= 15 is 0 Å². The predicted molar refractivity (Wildman–Crippen MR) is 136 cm³/mol. The molecule has 0 bridgehead atoms. The Morgan fingerprint density at radius 2 is 1.66 bits per heavy atom. The molecule has 1 saturated heterocycles. The number of esters is 1. The van der Waals surface area contributed by atoms with Crippen LogP contribution >= 0.6 is 0 Å². The molecule has 1 fully saturated rings. The number of nitrogens with zero attached hydrogens (tertiary/aromatic N) is 1. The number of ketones is 1. The summed E-state index contributed by atoms with van der Waals surface area (Å²) in [6, 6.07) is 17.5. The highest BCUT2D eigenvalue weighted by molar-refractivity contribution is 6.46. The number of aliphatic hydroxyl groups excluding tert-OH is 1. The van der Waals surface area contributed by atoms with E-state index in [1.54, 1.807) is 66.7 Å². The third-order valence-electron chi connectivity index (χ3n) is 6.49. The van der Waals surface area contributed by atoms with E-state index in [9.17, 15) is 19.5 Å². The van der Waals surface area contributed by atoms with Gasteiger partial charge in [-0.05, 0) is 53.6 Å². The van der Waals surface area contributed by atoms with Gasteiger partial charge in [0, 0.05) is 12.1 Å². The van der Waals surface area contributed by atoms with Gasteiger partial charge < -0.3 is 29.0 Å². The number of ether oxygens (including phenoxy) is 4. The number of carbonyl (C=O) groups excluding carboxylic acids is 3. The molecule has 1 unspecified atom stereocenters. The summed E-state index contributed by atoms with van der Waals surface area (Å²) in [5, 5.41) is 11.4. The Balaban J connectivity index is 1.59. The highest BCUT2D eigenvalue weighted by Crippen LogP contribution is 2.42. The molecular formula is C29H25NO8. The number of rotatable bonds is 6. The highest BCUT2D eigenvalue weighted by atomic mass is 16.6. The number of methoxy groups -OCH3 is 2. The molecular weight excluding hydrogens is 490 g/mol. The molecule has 0 saturated carbocycles. The molecule has 0 aromatic heterocycles. The zero-order chi connectivity index (χ0) is 26.8. The predicted octanol–water partition coefficient (Wildman–Crippen LogP) is 3.87. The van der Waals surface area contributed by atoms with Crippen molar-refractivity contribution in [3.05, 3.63) is 94.6 Å². The molecule has 5 rings (SSSR count). The van der Waals surface area contributed by atoms with Gasteiger partial charge in [0.05, 0.1) is 31.4 Å². The summed E-state index contributed by atoms with van der Waals surface area (Å²) < 4.78 is 21.3. The maximum Gasteiger partial charge on any atom is 0.337 e. The number of hydrogen-bond donors (Lipinski definition) is 1. The minimum Gasteiger partial charge on any atom is -0.507 e. The van der Waals surface area contributed by atoms with Gasteiger partial charge in [-0.2, -0.15) is 0 Å². The van der Waals surface area contributed by atoms with Crippen molar-refractivity contribution in [2.24, 2.45) is 0 Å². The van der Waals surface area contributed by atoms with Crippen LogP contribution in [0.5, 0.6) is 17.2 Å². The largest absolute Gasteiger partial charge is 0.507 e. The van der Waals surface area contributed by atoms with Crippen molar-refractivity contribution in [3.8, 4) is 17.2 Å². The van der Waals surface area contributed by atoms with Crippen molar-refractivity contribution in [3.63, 3.8) is 0 Å². The molecule has 9 heteroatoms. The fourth-order valence-corrected chi connectivity index (χ4v) is 4.61. The van der Waals surface area contributed by atoms with E-state index in [2.05, 4.69) is 0 Å². The van der Waals surface area contributed by atoms with E-state index in [0.717, 1.165) is 0 Å². The van der Waals surface area contributed by atoms with Crippen molar-refractivity contribution < 1.29 is 38.4 Å². The SMILES string of the molecule is COC(=O)c1ccc(CN2C(=O)C(=O)/C(=C(\O)c3ccc4c(c3)OCCO4)C2c2cccc(OC)c2)cc1. The molecule has 3 aromatic carbocycles. The number of hydrogen-bond acceptors (Lipinski definition) is 8. The molecule has 3 aromatic rings. The number of carbonyl (C=O) groups is 3. The minimum atomic E-state index is -0.890. The number of aliphatic hydroxyl groups is 1. The van der Waals surface area contributed by atoms with Crippen LogP contribution < -0.4 is 14.2 Å². The van der Waals surface area contributed by atoms with E-state index < -0.39 is 23.7 Å². The van der Waals surface area contributed by atoms with E-state index in [-0.39, 0.29) is 17.9 Å². The second-order valence-electron chi connectivity index (χ2n) is 8.75. The van der Waals surface area contributed by atoms with Gasteiger partial charge >= 0.3 is 5.97 Å². The molecule has 2 aliphatic rings. The molecule has 38 heavy (non-hydrogen) atoms. The Bertz CT molecular complexity index is 1440. The van der Waals surface area contributed by atoms with Crippen LogP contribution in [0.2, 0.25) is 0 Å². The molecule has 9 nitrogen and oxygen atoms in total. The topological polar surface area (TPSA) is 112 Å². The van der Waals surface area contributed by atoms with Crippen molar-refractivity contribution in [1.82, 2.24) is 4.90 Å². The molecule has 0 aliphatic carbocycles. The van der Waals surface area contributed by atoms with Crippen LogP contribution in [0.15, 0.2) is 72.3 Å². The second-order valence-corrected chi connectivity index (χ2v) is 8.75. The molecule has 0 radical (unpaired) electrons. The van der Waals surface area contributed by atoms with Crippen LogP contribution in [0.25, 0.3) is 5.76 Å². The Hall–Kier alpha value is -4.79. The van der Waals surface area contributed by atoms with Gasteiger partial charge in [0.2, 0.25) is 0 Å². The molecule has 2 aliphatic heterocycles. The number of Topliss-reactive ketones (excluding diaryl/α,β-unsaturated/α-hetero) is 1. The first-order chi connectivity index (χ1) is 18.4. The van der Waals surface area contributed by atoms with E-state index in [1.165, 1.54) is 19.1 Å². The summed E-state index contributed by atoms with van der Waals surface area (Å²) in [6.45, 7) is 0.839. The van der Waals surface area contributed by atoms with E-state index in [4.69, 9.17) is 18.9 Å².